The summed E-state index contributed by atoms with van der Waals surface area (Å²) in [4.78, 5) is 136. The fourth-order valence-corrected chi connectivity index (χ4v) is 10.8. The molecular weight excluding hydrogens is 1140 g/mol. The maximum Gasteiger partial charge on any atom is 0.481 e. The number of carbonyl (C=O) groups is 7. The number of thioether (sulfide) groups is 1. The summed E-state index contributed by atoms with van der Waals surface area (Å²) in [6.07, 6.45) is -3.88. The van der Waals surface area contributed by atoms with Crippen molar-refractivity contribution >= 4 is 106 Å². The molecule has 2 aromatic heterocycles. The number of aliphatic hydroxyl groups excluding tert-OH is 2. The Morgan fingerprint density at radius 1 is 0.833 bits per heavy atom. The van der Waals surface area contributed by atoms with Crippen molar-refractivity contribution in [2.24, 2.45) is 11.1 Å². The molecule has 38 heteroatoms. The molecule has 0 spiro atoms. The molecule has 442 valence electrons. The Morgan fingerprint density at radius 3 is 2.15 bits per heavy atom. The molecule has 2 aromatic rings. The first-order chi connectivity index (χ1) is 36.5. The minimum absolute atomic E-state index is 0.0131. The van der Waals surface area contributed by atoms with Crippen LogP contribution in [0.1, 0.15) is 78.4 Å². The number of carbonyl (C=O) groups excluding carboxylic acids is 7. The van der Waals surface area contributed by atoms with Gasteiger partial charge in [-0.3, -0.25) is 51.7 Å². The van der Waals surface area contributed by atoms with Crippen LogP contribution in [0.3, 0.4) is 0 Å². The van der Waals surface area contributed by atoms with Gasteiger partial charge in [-0.2, -0.15) is 28.7 Å². The van der Waals surface area contributed by atoms with Crippen LogP contribution in [0.15, 0.2) is 12.7 Å². The number of hydrogen-bond donors (Lipinski definition) is 15. The third kappa shape index (κ3) is 24.1. The topological polar surface area (TPSA) is 506 Å². The highest BCUT2D eigenvalue weighted by atomic mass is 32.2. The molecule has 33 nitrogen and oxygen atoms in total. The Kier molecular flexibility index (Phi) is 28.0. The van der Waals surface area contributed by atoms with E-state index in [2.05, 4.69) is 68.3 Å². The molecule has 9 atom stereocenters. The number of nitrogens with one attached hydrogen (secondary N) is 6. The van der Waals surface area contributed by atoms with Crippen molar-refractivity contribution in [3.05, 3.63) is 12.7 Å². The van der Waals surface area contributed by atoms with E-state index in [1.165, 1.54) is 32.5 Å². The summed E-state index contributed by atoms with van der Waals surface area (Å²) in [6, 6.07) is -1.63. The zero-order valence-electron chi connectivity index (χ0n) is 42.7. The second kappa shape index (κ2) is 32.1. The van der Waals surface area contributed by atoms with Crippen molar-refractivity contribution in [2.75, 3.05) is 62.4 Å². The van der Waals surface area contributed by atoms with E-state index in [9.17, 15) is 77.0 Å². The Morgan fingerprint density at radius 2 is 1.49 bits per heavy atom. The van der Waals surface area contributed by atoms with Gasteiger partial charge < -0.3 is 77.9 Å². The quantitative estimate of drug-likeness (QED) is 0.0189. The number of anilines is 1. The van der Waals surface area contributed by atoms with Crippen LogP contribution in [-0.2, 0) is 69.9 Å². The number of ether oxygens (including phenoxy) is 1. The molecule has 0 aromatic carbocycles. The van der Waals surface area contributed by atoms with E-state index < -0.39 is 103 Å². The van der Waals surface area contributed by atoms with Crippen LogP contribution in [0, 0.1) is 5.41 Å². The molecule has 0 aliphatic carbocycles. The molecule has 0 bridgehead atoms. The first-order valence-electron chi connectivity index (χ1n) is 23.9. The number of aliphatic hydroxyl groups is 2. The number of aromatic nitrogens is 4. The molecule has 2 unspecified atom stereocenters. The van der Waals surface area contributed by atoms with Crippen molar-refractivity contribution in [2.45, 2.75) is 115 Å². The zero-order chi connectivity index (χ0) is 58.4. The molecule has 78 heavy (non-hydrogen) atoms. The van der Waals surface area contributed by atoms with Gasteiger partial charge in [0.05, 0.1) is 25.3 Å². The number of hydrogen-bond acceptors (Lipinski definition) is 23. The third-order valence-electron chi connectivity index (χ3n) is 11.1. The molecule has 1 saturated heterocycles. The lowest BCUT2D eigenvalue weighted by molar-refractivity contribution is -0.137. The minimum atomic E-state index is -5.62. The molecule has 1 fully saturated rings. The lowest BCUT2D eigenvalue weighted by Gasteiger charge is -2.30. The predicted octanol–water partition coefficient (Wildman–Crippen LogP) is -2.49. The van der Waals surface area contributed by atoms with E-state index in [4.69, 9.17) is 25.3 Å². The van der Waals surface area contributed by atoms with Crippen molar-refractivity contribution in [3.8, 4) is 0 Å². The van der Waals surface area contributed by atoms with Gasteiger partial charge in [0.15, 0.2) is 17.7 Å². The normalized spacial score (nSPS) is 19.4. The van der Waals surface area contributed by atoms with Gasteiger partial charge in [-0.05, 0) is 32.1 Å². The third-order valence-corrected chi connectivity index (χ3v) is 15.5. The molecule has 7 amide bonds. The van der Waals surface area contributed by atoms with E-state index >= 15 is 0 Å². The van der Waals surface area contributed by atoms with E-state index in [0.29, 0.717) is 57.4 Å². The lowest BCUT2D eigenvalue weighted by Crippen LogP contribution is -2.46. The van der Waals surface area contributed by atoms with E-state index in [-0.39, 0.29) is 78.0 Å². The molecular formula is C40H69N12O21P3S2. The van der Waals surface area contributed by atoms with Crippen LogP contribution in [0.5, 0.6) is 0 Å². The summed E-state index contributed by atoms with van der Waals surface area (Å²) in [7, 11) is -16.5. The predicted molar refractivity (Wildman–Crippen MR) is 278 cm³/mol. The van der Waals surface area contributed by atoms with Gasteiger partial charge >= 0.3 is 23.5 Å². The van der Waals surface area contributed by atoms with Crippen LogP contribution in [0.4, 0.5) is 5.82 Å². The number of thiol groups is 1. The summed E-state index contributed by atoms with van der Waals surface area (Å²) in [6.45, 7) is 2.24. The maximum atomic E-state index is 12.8. The first-order valence-corrected chi connectivity index (χ1v) is 30.2. The number of nitrogens with zero attached hydrogens (tertiary/aromatic N) is 4. The molecule has 0 saturated carbocycles. The molecule has 3 heterocycles. The Bertz CT molecular complexity index is 2510. The first kappa shape index (κ1) is 67.9. The number of nitrogens with two attached hydrogens (primary N) is 2. The highest BCUT2D eigenvalue weighted by molar-refractivity contribution is 7.99. The Hall–Kier alpha value is -4.41. The van der Waals surface area contributed by atoms with Gasteiger partial charge in [-0.15, -0.1) is 0 Å². The van der Waals surface area contributed by atoms with Crippen molar-refractivity contribution < 1.29 is 99.7 Å². The second-order valence-corrected chi connectivity index (χ2v) is 23.7. The van der Waals surface area contributed by atoms with Gasteiger partial charge in [0.2, 0.25) is 41.4 Å². The number of fused-ring (bicyclic) bond motifs is 1. The highest BCUT2D eigenvalue weighted by Gasteiger charge is 2.50. The summed E-state index contributed by atoms with van der Waals surface area (Å²) in [5.41, 5.74) is 9.39. The number of unbranched alkanes of at least 4 members (excludes halogenated alkanes) is 3. The average molecular weight is 1210 g/mol. The number of imidazole rings is 1. The van der Waals surface area contributed by atoms with Gasteiger partial charge in [0.1, 0.15) is 48.3 Å². The smallest absolute Gasteiger partial charge is 0.386 e. The number of amides is 7. The largest absolute Gasteiger partial charge is 0.481 e. The van der Waals surface area contributed by atoms with E-state index in [1.54, 1.807) is 0 Å². The molecule has 3 rings (SSSR count). The second-order valence-electron chi connectivity index (χ2n) is 18.0. The van der Waals surface area contributed by atoms with Crippen LogP contribution in [0.2, 0.25) is 0 Å². The van der Waals surface area contributed by atoms with Gasteiger partial charge in [0, 0.05) is 62.9 Å². The maximum absolute atomic E-state index is 12.8. The summed E-state index contributed by atoms with van der Waals surface area (Å²) in [5.74, 6) is -3.03. The molecule has 1 aliphatic rings. The number of phosphoric ester groups is 3. The van der Waals surface area contributed by atoms with Gasteiger partial charge in [0.25, 0.3) is 0 Å². The van der Waals surface area contributed by atoms with Crippen molar-refractivity contribution in [1.29, 1.82) is 0 Å². The molecule has 1 aliphatic heterocycles. The number of nitrogen functional groups attached to an aromatic ring is 1. The number of rotatable bonds is 37. The fourth-order valence-electron chi connectivity index (χ4n) is 7.03. The van der Waals surface area contributed by atoms with Gasteiger partial charge in [-0.1, -0.05) is 20.3 Å². The van der Waals surface area contributed by atoms with Gasteiger partial charge in [-0.25, -0.2) is 28.6 Å². The van der Waals surface area contributed by atoms with Crippen LogP contribution in [0.25, 0.3) is 11.2 Å². The van der Waals surface area contributed by atoms with E-state index in [1.807, 2.05) is 0 Å². The standard InChI is InChI=1S/C40H69N12O21P3S2/c1-23(53)50-24(37(60)45-13-7-4-5-10-28(55)51-25(18-77)35(42)59)9-6-8-12-43-29(56)19-78-16-15-44-27(54)11-14-46-38(61)33(58)40(2,3)20-70-76(67,68)73-75(65,66)69-17-26-32(72-74(62,63)64)31(57)39(71-26)52-22-49-30-34(41)47-21-48-36(30)52/h21-22,24-26,31-33,39,57-58,77H,4-20H2,1-3H3,(H2,42,59)(H,43,56)(H,44,54)(H,45,60)(H,46,61)(H,50,53)(H,51,55)(H,65,66)(H,67,68)(H2,41,47,48)(H2,62,63,64)/t24-,25-,26+,31+,32+,33-,39+/m0/s1. The Balaban J connectivity index is 1.29. The fraction of sp³-hybridized carbons (Fsp3) is 0.700. The highest BCUT2D eigenvalue weighted by Crippen LogP contribution is 2.61. The summed E-state index contributed by atoms with van der Waals surface area (Å²) in [5, 5.41) is 37.2. The monoisotopic (exact) mass is 1210 g/mol. The van der Waals surface area contributed by atoms with Crippen LogP contribution in [-0.4, -0.2) is 184 Å². The van der Waals surface area contributed by atoms with E-state index in [0.717, 1.165) is 17.2 Å². The number of phosphoric acid groups is 3. The SMILES string of the molecule is CC(=O)N[C@@H](CCCCNC(=O)CSCCNC(=O)CCNC(=O)[C@H](O)C(C)(C)COP(=O)(O)OP(=O)(O)OC[C@H]1O[C@@H](n2cnc3c(N)ncnc32)[C@H](O)[C@@H]1OP(=O)(O)O)C(=O)NCCCCCC(=O)N[C@@H](CS)C(N)=O. The summed E-state index contributed by atoms with van der Waals surface area (Å²) >= 11 is 5.22. The van der Waals surface area contributed by atoms with Crippen molar-refractivity contribution in [3.63, 3.8) is 0 Å². The summed E-state index contributed by atoms with van der Waals surface area (Å²) < 4.78 is 62.4. The Labute approximate surface area is 456 Å². The lowest BCUT2D eigenvalue weighted by atomic mass is 9.87. The molecule has 0 radical (unpaired) electrons. The zero-order valence-corrected chi connectivity index (χ0v) is 47.1. The number of primary amides is 1. The minimum Gasteiger partial charge on any atom is -0.386 e. The van der Waals surface area contributed by atoms with Crippen LogP contribution >= 0.6 is 47.9 Å². The van der Waals surface area contributed by atoms with Crippen LogP contribution < -0.4 is 43.4 Å². The van der Waals surface area contributed by atoms with Crippen molar-refractivity contribution in [1.82, 2.24) is 51.4 Å². The average Bonchev–Trinajstić information content (AvgIpc) is 3.92. The molecule has 16 N–H and O–H groups in total.